The molecule has 0 unspecified atom stereocenters. The number of fused-ring (bicyclic) bond motifs is 1. The van der Waals surface area contributed by atoms with Gasteiger partial charge in [0, 0.05) is 32.7 Å². The first-order valence-electron chi connectivity index (χ1n) is 6.15. The molecule has 3 nitrogen and oxygen atoms in total. The molecule has 0 atom stereocenters. The molecule has 1 aromatic heterocycles. The average molecular weight is 330 g/mol. The normalized spacial score (nSPS) is 10.7. The van der Waals surface area contributed by atoms with Crippen LogP contribution in [-0.2, 0) is 0 Å². The van der Waals surface area contributed by atoms with Crippen molar-refractivity contribution < 1.29 is 9.53 Å². The number of hydrogen-bond donors (Lipinski definition) is 1. The van der Waals surface area contributed by atoms with Crippen molar-refractivity contribution in [2.75, 3.05) is 7.11 Å². The minimum atomic E-state index is -0.0167. The quantitative estimate of drug-likeness (QED) is 0.733. The molecule has 4 heteroatoms. The summed E-state index contributed by atoms with van der Waals surface area (Å²) >= 11 is 3.42. The Balaban J connectivity index is 2.15. The van der Waals surface area contributed by atoms with Crippen LogP contribution >= 0.6 is 15.9 Å². The van der Waals surface area contributed by atoms with Gasteiger partial charge in [-0.1, -0.05) is 28.1 Å². The van der Waals surface area contributed by atoms with Crippen molar-refractivity contribution >= 4 is 32.6 Å². The van der Waals surface area contributed by atoms with E-state index in [0.717, 1.165) is 21.1 Å². The van der Waals surface area contributed by atoms with Crippen molar-refractivity contribution in [2.24, 2.45) is 0 Å². The van der Waals surface area contributed by atoms with Crippen molar-refractivity contribution in [2.45, 2.75) is 0 Å². The number of carbonyl (C=O) groups excluding carboxylic acids is 1. The maximum atomic E-state index is 12.7. The summed E-state index contributed by atoms with van der Waals surface area (Å²) in [6, 6.07) is 13.1. The fourth-order valence-corrected chi connectivity index (χ4v) is 2.67. The van der Waals surface area contributed by atoms with Crippen LogP contribution in [0.25, 0.3) is 10.9 Å². The molecule has 0 saturated heterocycles. The summed E-state index contributed by atoms with van der Waals surface area (Å²) in [4.78, 5) is 15.8. The van der Waals surface area contributed by atoms with Crippen LogP contribution < -0.4 is 4.74 Å². The molecule has 20 heavy (non-hydrogen) atoms. The van der Waals surface area contributed by atoms with Crippen molar-refractivity contribution in [3.63, 3.8) is 0 Å². The number of ether oxygens (including phenoxy) is 1. The van der Waals surface area contributed by atoms with Gasteiger partial charge >= 0.3 is 0 Å². The van der Waals surface area contributed by atoms with Gasteiger partial charge in [-0.15, -0.1) is 0 Å². The smallest absolute Gasteiger partial charge is 0.196 e. The zero-order valence-corrected chi connectivity index (χ0v) is 12.4. The Kier molecular flexibility index (Phi) is 3.32. The molecule has 0 amide bonds. The molecular weight excluding hydrogens is 318 g/mol. The standard InChI is InChI=1S/C16H12BrNO2/c1-20-10-6-7-15-12(8-10)13(9-18-15)16(19)11-4-2-3-5-14(11)17/h2-9,18H,1H3. The van der Waals surface area contributed by atoms with E-state index in [1.807, 2.05) is 42.5 Å². The predicted octanol–water partition coefficient (Wildman–Crippen LogP) is 4.17. The molecule has 3 aromatic rings. The number of H-pyrrole nitrogens is 1. The van der Waals surface area contributed by atoms with Crippen molar-refractivity contribution in [1.29, 1.82) is 0 Å². The van der Waals surface area contributed by atoms with Crippen LogP contribution in [0.1, 0.15) is 15.9 Å². The number of aromatic nitrogens is 1. The number of ketones is 1. The fourth-order valence-electron chi connectivity index (χ4n) is 2.21. The molecule has 0 aliphatic rings. The van der Waals surface area contributed by atoms with E-state index in [2.05, 4.69) is 20.9 Å². The van der Waals surface area contributed by atoms with Gasteiger partial charge in [0.1, 0.15) is 5.75 Å². The van der Waals surface area contributed by atoms with Gasteiger partial charge in [0.15, 0.2) is 5.78 Å². The Hall–Kier alpha value is -2.07. The monoisotopic (exact) mass is 329 g/mol. The largest absolute Gasteiger partial charge is 0.497 e. The molecule has 2 aromatic carbocycles. The molecule has 0 aliphatic heterocycles. The Labute approximate surface area is 124 Å². The molecule has 0 spiro atoms. The average Bonchev–Trinajstić information content (AvgIpc) is 2.89. The molecule has 0 saturated carbocycles. The molecule has 1 N–H and O–H groups in total. The van der Waals surface area contributed by atoms with Gasteiger partial charge in [-0.25, -0.2) is 0 Å². The summed E-state index contributed by atoms with van der Waals surface area (Å²) in [5.74, 6) is 0.718. The van der Waals surface area contributed by atoms with Crippen molar-refractivity contribution in [1.82, 2.24) is 4.98 Å². The lowest BCUT2D eigenvalue weighted by atomic mass is 10.0. The third-order valence-corrected chi connectivity index (χ3v) is 3.94. The number of halogens is 1. The third-order valence-electron chi connectivity index (χ3n) is 3.25. The molecule has 0 fully saturated rings. The van der Waals surface area contributed by atoms with Crippen molar-refractivity contribution in [3.8, 4) is 5.75 Å². The Morgan fingerprint density at radius 1 is 1.15 bits per heavy atom. The van der Waals surface area contributed by atoms with E-state index in [9.17, 15) is 4.79 Å². The SMILES string of the molecule is COc1ccc2[nH]cc(C(=O)c3ccccc3Br)c2c1. The molecule has 0 bridgehead atoms. The van der Waals surface area contributed by atoms with Crippen LogP contribution in [0.5, 0.6) is 5.75 Å². The predicted molar refractivity (Wildman–Crippen MR) is 82.4 cm³/mol. The first kappa shape index (κ1) is 12.9. The summed E-state index contributed by atoms with van der Waals surface area (Å²) in [6.45, 7) is 0. The van der Waals surface area contributed by atoms with E-state index in [-0.39, 0.29) is 5.78 Å². The number of rotatable bonds is 3. The van der Waals surface area contributed by atoms with E-state index in [1.54, 1.807) is 13.3 Å². The Bertz CT molecular complexity index is 792. The number of benzene rings is 2. The van der Waals surface area contributed by atoms with E-state index in [4.69, 9.17) is 4.74 Å². The lowest BCUT2D eigenvalue weighted by Gasteiger charge is -2.03. The lowest BCUT2D eigenvalue weighted by Crippen LogP contribution is -2.01. The summed E-state index contributed by atoms with van der Waals surface area (Å²) in [6.07, 6.45) is 1.74. The minimum Gasteiger partial charge on any atom is -0.497 e. The number of carbonyl (C=O) groups is 1. The van der Waals surface area contributed by atoms with Gasteiger partial charge in [-0.3, -0.25) is 4.79 Å². The number of hydrogen-bond acceptors (Lipinski definition) is 2. The molecule has 1 heterocycles. The zero-order chi connectivity index (χ0) is 14.1. The van der Waals surface area contributed by atoms with Crippen molar-refractivity contribution in [3.05, 3.63) is 64.3 Å². The maximum absolute atomic E-state index is 12.7. The third kappa shape index (κ3) is 2.12. The summed E-state index contributed by atoms with van der Waals surface area (Å²) in [5.41, 5.74) is 2.21. The summed E-state index contributed by atoms with van der Waals surface area (Å²) in [7, 11) is 1.61. The van der Waals surface area contributed by atoms with Gasteiger partial charge in [0.05, 0.1) is 7.11 Å². The second kappa shape index (κ2) is 5.13. The highest BCUT2D eigenvalue weighted by atomic mass is 79.9. The highest BCUT2D eigenvalue weighted by Crippen LogP contribution is 2.27. The van der Waals surface area contributed by atoms with Gasteiger partial charge in [0.25, 0.3) is 0 Å². The molecule has 0 aliphatic carbocycles. The van der Waals surface area contributed by atoms with E-state index >= 15 is 0 Å². The topological polar surface area (TPSA) is 42.1 Å². The molecule has 3 rings (SSSR count). The minimum absolute atomic E-state index is 0.0167. The highest BCUT2D eigenvalue weighted by Gasteiger charge is 2.16. The van der Waals surface area contributed by atoms with Gasteiger partial charge in [-0.2, -0.15) is 0 Å². The number of nitrogens with one attached hydrogen (secondary N) is 1. The number of aromatic amines is 1. The molecular formula is C16H12BrNO2. The van der Waals surface area contributed by atoms with Crippen LogP contribution in [0.4, 0.5) is 0 Å². The van der Waals surface area contributed by atoms with E-state index in [0.29, 0.717) is 11.1 Å². The van der Waals surface area contributed by atoms with Crippen LogP contribution in [0.3, 0.4) is 0 Å². The second-order valence-electron chi connectivity index (χ2n) is 4.42. The summed E-state index contributed by atoms with van der Waals surface area (Å²) < 4.78 is 6.02. The second-order valence-corrected chi connectivity index (χ2v) is 5.28. The van der Waals surface area contributed by atoms with Crippen LogP contribution in [0, 0.1) is 0 Å². The fraction of sp³-hybridized carbons (Fsp3) is 0.0625. The van der Waals surface area contributed by atoms with Gasteiger partial charge in [0.2, 0.25) is 0 Å². The zero-order valence-electron chi connectivity index (χ0n) is 10.8. The highest BCUT2D eigenvalue weighted by molar-refractivity contribution is 9.10. The maximum Gasteiger partial charge on any atom is 0.196 e. The Morgan fingerprint density at radius 2 is 1.95 bits per heavy atom. The van der Waals surface area contributed by atoms with E-state index in [1.165, 1.54) is 0 Å². The Morgan fingerprint density at radius 3 is 2.70 bits per heavy atom. The molecule has 0 radical (unpaired) electrons. The van der Waals surface area contributed by atoms with Crippen LogP contribution in [-0.4, -0.2) is 17.9 Å². The lowest BCUT2D eigenvalue weighted by molar-refractivity contribution is 0.103. The van der Waals surface area contributed by atoms with E-state index < -0.39 is 0 Å². The number of methoxy groups -OCH3 is 1. The summed E-state index contributed by atoms with van der Waals surface area (Å²) in [5, 5.41) is 0.866. The van der Waals surface area contributed by atoms with Crippen LogP contribution in [0.15, 0.2) is 53.1 Å². The first-order valence-corrected chi connectivity index (χ1v) is 6.94. The van der Waals surface area contributed by atoms with Gasteiger partial charge in [-0.05, 0) is 30.3 Å². The van der Waals surface area contributed by atoms with Gasteiger partial charge < -0.3 is 9.72 Å². The molecule has 100 valence electrons. The first-order chi connectivity index (χ1) is 9.70. The van der Waals surface area contributed by atoms with Crippen LogP contribution in [0.2, 0.25) is 0 Å².